The van der Waals surface area contributed by atoms with E-state index in [1.54, 1.807) is 11.1 Å². The van der Waals surface area contributed by atoms with E-state index < -0.39 is 0 Å². The van der Waals surface area contributed by atoms with Crippen LogP contribution < -0.4 is 4.74 Å². The maximum atomic E-state index is 5.99. The van der Waals surface area contributed by atoms with Crippen molar-refractivity contribution in [2.45, 2.75) is 76.0 Å². The summed E-state index contributed by atoms with van der Waals surface area (Å²) in [5.41, 5.74) is 5.94. The van der Waals surface area contributed by atoms with Gasteiger partial charge in [0.15, 0.2) is 0 Å². The Morgan fingerprint density at radius 2 is 1.24 bits per heavy atom. The van der Waals surface area contributed by atoms with Crippen molar-refractivity contribution in [2.24, 2.45) is 0 Å². The van der Waals surface area contributed by atoms with Crippen molar-refractivity contribution >= 4 is 21.5 Å². The smallest absolute Gasteiger partial charge is 0.127 e. The van der Waals surface area contributed by atoms with Crippen LogP contribution in [0.25, 0.3) is 32.7 Å². The largest absolute Gasteiger partial charge is 0.496 e. The van der Waals surface area contributed by atoms with Crippen LogP contribution in [0.1, 0.15) is 87.2 Å². The van der Waals surface area contributed by atoms with Crippen LogP contribution in [0.4, 0.5) is 0 Å². The second-order valence-corrected chi connectivity index (χ2v) is 10.5. The van der Waals surface area contributed by atoms with Gasteiger partial charge < -0.3 is 4.74 Å². The second kappa shape index (κ2) is 9.45. The third kappa shape index (κ3) is 3.80. The van der Waals surface area contributed by atoms with Gasteiger partial charge in [0.2, 0.25) is 0 Å². The molecule has 0 N–H and O–H groups in total. The normalized spacial score (nSPS) is 17.9. The number of hydrogen-bond donors (Lipinski definition) is 0. The molecule has 1 heteroatoms. The van der Waals surface area contributed by atoms with Crippen LogP contribution in [-0.4, -0.2) is 7.11 Å². The number of methoxy groups -OCH3 is 1. The van der Waals surface area contributed by atoms with E-state index in [-0.39, 0.29) is 0 Å². The molecule has 1 nitrogen and oxygen atoms in total. The Morgan fingerprint density at radius 3 is 1.94 bits per heavy atom. The lowest BCUT2D eigenvalue weighted by Crippen LogP contribution is -2.13. The van der Waals surface area contributed by atoms with E-state index in [9.17, 15) is 0 Å². The molecule has 0 spiro atoms. The van der Waals surface area contributed by atoms with Gasteiger partial charge in [-0.1, -0.05) is 93.1 Å². The average molecular weight is 449 g/mol. The van der Waals surface area contributed by atoms with Crippen LogP contribution in [-0.2, 0) is 0 Å². The summed E-state index contributed by atoms with van der Waals surface area (Å²) in [5.74, 6) is 2.37. The lowest BCUT2D eigenvalue weighted by Gasteiger charge is -2.32. The number of benzene rings is 4. The standard InChI is InChI=1S/C33H36O/c1-34-31-21-20-24-14-8-9-17-26(24)33(31)30-22-29(23-12-4-2-5-13-23)32(25-15-6-3-7-16-25)28-19-11-10-18-27(28)30/h8-11,14,17-23,25H,2-7,12-13,15-16H2,1H3. The number of fused-ring (bicyclic) bond motifs is 2. The Balaban J connectivity index is 1.68. The second-order valence-electron chi connectivity index (χ2n) is 10.5. The molecule has 34 heavy (non-hydrogen) atoms. The van der Waals surface area contributed by atoms with Crippen LogP contribution in [0.2, 0.25) is 0 Å². The summed E-state index contributed by atoms with van der Waals surface area (Å²) in [6.45, 7) is 0. The van der Waals surface area contributed by atoms with E-state index >= 15 is 0 Å². The van der Waals surface area contributed by atoms with Gasteiger partial charge in [0, 0.05) is 5.56 Å². The quantitative estimate of drug-likeness (QED) is 0.302. The zero-order valence-corrected chi connectivity index (χ0v) is 20.5. The van der Waals surface area contributed by atoms with Crippen molar-refractivity contribution in [3.63, 3.8) is 0 Å². The molecule has 2 fully saturated rings. The van der Waals surface area contributed by atoms with Gasteiger partial charge in [-0.2, -0.15) is 0 Å². The average Bonchev–Trinajstić information content (AvgIpc) is 2.92. The van der Waals surface area contributed by atoms with Gasteiger partial charge in [-0.25, -0.2) is 0 Å². The summed E-state index contributed by atoms with van der Waals surface area (Å²) in [6.07, 6.45) is 13.7. The molecule has 2 saturated carbocycles. The van der Waals surface area contributed by atoms with Crippen molar-refractivity contribution in [1.82, 2.24) is 0 Å². The lowest BCUT2D eigenvalue weighted by molar-refractivity contribution is 0.416. The highest BCUT2D eigenvalue weighted by atomic mass is 16.5. The van der Waals surface area contributed by atoms with Gasteiger partial charge in [-0.05, 0) is 87.9 Å². The SMILES string of the molecule is COc1ccc2ccccc2c1-c1cc(C2CCCCC2)c(C2CCCCC2)c2ccccc12. The Bertz CT molecular complexity index is 1310. The molecular formula is C33H36O. The number of ether oxygens (including phenoxy) is 1. The molecule has 4 aromatic rings. The van der Waals surface area contributed by atoms with Gasteiger partial charge in [-0.15, -0.1) is 0 Å². The van der Waals surface area contributed by atoms with Gasteiger partial charge in [0.05, 0.1) is 7.11 Å². The molecule has 0 radical (unpaired) electrons. The molecule has 0 unspecified atom stereocenters. The fourth-order valence-electron chi connectivity index (χ4n) is 6.92. The molecule has 2 aliphatic rings. The van der Waals surface area contributed by atoms with Crippen molar-refractivity contribution in [2.75, 3.05) is 7.11 Å². The van der Waals surface area contributed by atoms with Crippen LogP contribution in [0.5, 0.6) is 5.75 Å². The Kier molecular flexibility index (Phi) is 6.04. The fraction of sp³-hybridized carbons (Fsp3) is 0.394. The van der Waals surface area contributed by atoms with Crippen LogP contribution in [0.3, 0.4) is 0 Å². The van der Waals surface area contributed by atoms with E-state index in [0.29, 0.717) is 11.8 Å². The highest BCUT2D eigenvalue weighted by molar-refractivity contribution is 6.09. The van der Waals surface area contributed by atoms with E-state index in [1.807, 2.05) is 7.11 Å². The van der Waals surface area contributed by atoms with Crippen molar-refractivity contribution < 1.29 is 4.74 Å². The molecule has 0 atom stereocenters. The molecule has 174 valence electrons. The summed E-state index contributed by atoms with van der Waals surface area (Å²) < 4.78 is 5.99. The third-order valence-corrected chi connectivity index (χ3v) is 8.56. The first kappa shape index (κ1) is 21.7. The minimum atomic E-state index is 0.690. The van der Waals surface area contributed by atoms with Gasteiger partial charge >= 0.3 is 0 Å². The summed E-state index contributed by atoms with van der Waals surface area (Å²) in [4.78, 5) is 0. The first-order valence-corrected chi connectivity index (χ1v) is 13.5. The summed E-state index contributed by atoms with van der Waals surface area (Å²) in [5, 5.41) is 5.43. The molecule has 0 heterocycles. The molecule has 6 rings (SSSR count). The molecule has 4 aromatic carbocycles. The Hall–Kier alpha value is -2.80. The maximum Gasteiger partial charge on any atom is 0.127 e. The van der Waals surface area contributed by atoms with E-state index in [0.717, 1.165) is 5.75 Å². The van der Waals surface area contributed by atoms with Crippen LogP contribution >= 0.6 is 0 Å². The van der Waals surface area contributed by atoms with E-state index in [4.69, 9.17) is 4.74 Å². The zero-order valence-electron chi connectivity index (χ0n) is 20.5. The van der Waals surface area contributed by atoms with E-state index in [1.165, 1.54) is 96.9 Å². The van der Waals surface area contributed by atoms with E-state index in [2.05, 4.69) is 66.7 Å². The molecule has 0 bridgehead atoms. The van der Waals surface area contributed by atoms with Gasteiger partial charge in [0.1, 0.15) is 5.75 Å². The highest BCUT2D eigenvalue weighted by Crippen LogP contribution is 2.49. The first-order chi connectivity index (χ1) is 16.8. The Morgan fingerprint density at radius 1 is 0.618 bits per heavy atom. The monoisotopic (exact) mass is 448 g/mol. The lowest BCUT2D eigenvalue weighted by atomic mass is 9.73. The number of rotatable bonds is 4. The van der Waals surface area contributed by atoms with Crippen molar-refractivity contribution in [3.05, 3.63) is 77.9 Å². The molecule has 0 amide bonds. The maximum absolute atomic E-state index is 5.99. The van der Waals surface area contributed by atoms with Gasteiger partial charge in [0.25, 0.3) is 0 Å². The zero-order chi connectivity index (χ0) is 22.9. The van der Waals surface area contributed by atoms with Crippen LogP contribution in [0, 0.1) is 0 Å². The molecule has 0 aromatic heterocycles. The topological polar surface area (TPSA) is 9.23 Å². The summed E-state index contributed by atoms with van der Waals surface area (Å²) >= 11 is 0. The van der Waals surface area contributed by atoms with Crippen LogP contribution in [0.15, 0.2) is 66.7 Å². The van der Waals surface area contributed by atoms with Crippen molar-refractivity contribution in [1.29, 1.82) is 0 Å². The minimum Gasteiger partial charge on any atom is -0.496 e. The molecule has 0 saturated heterocycles. The highest BCUT2D eigenvalue weighted by Gasteiger charge is 2.28. The fourth-order valence-corrected chi connectivity index (χ4v) is 6.92. The molecule has 0 aliphatic heterocycles. The predicted octanol–water partition coefficient (Wildman–Crippen LogP) is 9.76. The molecule has 2 aliphatic carbocycles. The number of hydrogen-bond acceptors (Lipinski definition) is 1. The first-order valence-electron chi connectivity index (χ1n) is 13.5. The third-order valence-electron chi connectivity index (χ3n) is 8.56. The summed E-state index contributed by atoms with van der Waals surface area (Å²) in [6, 6.07) is 25.0. The Labute approximate surface area is 204 Å². The van der Waals surface area contributed by atoms with Crippen molar-refractivity contribution in [3.8, 4) is 16.9 Å². The minimum absolute atomic E-state index is 0.690. The van der Waals surface area contributed by atoms with Gasteiger partial charge in [-0.3, -0.25) is 0 Å². The predicted molar refractivity (Wildman–Crippen MR) is 145 cm³/mol. The summed E-state index contributed by atoms with van der Waals surface area (Å²) in [7, 11) is 1.81. The molecular weight excluding hydrogens is 412 g/mol.